The molecule has 130 valence electrons. The Morgan fingerprint density at radius 1 is 1.08 bits per heavy atom. The number of rotatable bonds is 4. The summed E-state index contributed by atoms with van der Waals surface area (Å²) in [5.74, 6) is 0. The summed E-state index contributed by atoms with van der Waals surface area (Å²) in [6, 6.07) is 19.7. The Labute approximate surface area is 147 Å². The normalized spacial score (nSPS) is 28.0. The zero-order valence-electron chi connectivity index (χ0n) is 14.1. The second-order valence-corrected chi connectivity index (χ2v) is 6.19. The van der Waals surface area contributed by atoms with E-state index in [2.05, 4.69) is 0 Å². The van der Waals surface area contributed by atoms with Gasteiger partial charge in [0.15, 0.2) is 6.23 Å². The Morgan fingerprint density at radius 2 is 1.72 bits per heavy atom. The van der Waals surface area contributed by atoms with Crippen LogP contribution in [0.3, 0.4) is 0 Å². The van der Waals surface area contributed by atoms with Gasteiger partial charge in [-0.05, 0) is 18.1 Å². The van der Waals surface area contributed by atoms with Crippen molar-refractivity contribution in [3.8, 4) is 0 Å². The van der Waals surface area contributed by atoms with Crippen LogP contribution < -0.4 is 0 Å². The lowest BCUT2D eigenvalue weighted by atomic mass is 10.1. The van der Waals surface area contributed by atoms with Crippen LogP contribution in [0.2, 0.25) is 0 Å². The fraction of sp³-hybridized carbons (Fsp3) is 0.350. The monoisotopic (exact) mass is 339 g/mol. The van der Waals surface area contributed by atoms with Crippen LogP contribution in [0.15, 0.2) is 60.7 Å². The number of carbonyl (C=O) groups excluding carboxylic acids is 1. The van der Waals surface area contributed by atoms with Crippen LogP contribution in [0.5, 0.6) is 0 Å². The van der Waals surface area contributed by atoms with Crippen molar-refractivity contribution in [2.45, 2.75) is 31.4 Å². The predicted molar refractivity (Wildman–Crippen MR) is 91.8 cm³/mol. The molecule has 0 N–H and O–H groups in total. The van der Waals surface area contributed by atoms with Crippen LogP contribution in [0.25, 0.3) is 0 Å². The van der Waals surface area contributed by atoms with Crippen LogP contribution in [0, 0.1) is 0 Å². The van der Waals surface area contributed by atoms with Crippen LogP contribution in [0.1, 0.15) is 30.2 Å². The summed E-state index contributed by atoms with van der Waals surface area (Å²) in [4.78, 5) is 14.3. The van der Waals surface area contributed by atoms with Crippen molar-refractivity contribution in [3.63, 3.8) is 0 Å². The largest absolute Gasteiger partial charge is 0.450 e. The van der Waals surface area contributed by atoms with E-state index in [9.17, 15) is 4.79 Å². The molecule has 4 atom stereocenters. The molecule has 0 aliphatic carbocycles. The maximum atomic E-state index is 12.6. The third kappa shape index (κ3) is 3.13. The van der Waals surface area contributed by atoms with E-state index in [1.807, 2.05) is 67.6 Å². The Morgan fingerprint density at radius 3 is 2.36 bits per heavy atom. The molecular formula is C20H21NO4. The van der Waals surface area contributed by atoms with Gasteiger partial charge in [0, 0.05) is 0 Å². The smallest absolute Gasteiger partial charge is 0.412 e. The van der Waals surface area contributed by atoms with Crippen molar-refractivity contribution in [1.82, 2.24) is 4.90 Å². The SMILES string of the molecule is CCOC(=O)N1C([C@@H]2O[C@@H]2c2ccccc2)OC[C@H]1c1ccccc1. The molecule has 2 fully saturated rings. The number of hydrogen-bond acceptors (Lipinski definition) is 4. The summed E-state index contributed by atoms with van der Waals surface area (Å²) in [5.41, 5.74) is 2.14. The molecule has 4 rings (SSSR count). The number of carbonyl (C=O) groups is 1. The maximum Gasteiger partial charge on any atom is 0.412 e. The third-order valence-electron chi connectivity index (χ3n) is 4.63. The van der Waals surface area contributed by atoms with Gasteiger partial charge in [0.05, 0.1) is 19.3 Å². The summed E-state index contributed by atoms with van der Waals surface area (Å²) in [5, 5.41) is 0. The van der Waals surface area contributed by atoms with Gasteiger partial charge in [0.2, 0.25) is 0 Å². The van der Waals surface area contributed by atoms with Crippen LogP contribution >= 0.6 is 0 Å². The molecule has 5 heteroatoms. The van der Waals surface area contributed by atoms with E-state index in [1.54, 1.807) is 4.90 Å². The van der Waals surface area contributed by atoms with Gasteiger partial charge < -0.3 is 14.2 Å². The Kier molecular flexibility index (Phi) is 4.42. The van der Waals surface area contributed by atoms with Gasteiger partial charge in [0.1, 0.15) is 12.2 Å². The van der Waals surface area contributed by atoms with E-state index in [1.165, 1.54) is 0 Å². The van der Waals surface area contributed by atoms with E-state index in [0.29, 0.717) is 13.2 Å². The van der Waals surface area contributed by atoms with Crippen LogP contribution in [-0.4, -0.2) is 36.5 Å². The first-order chi connectivity index (χ1) is 12.3. The number of ether oxygens (including phenoxy) is 3. The lowest BCUT2D eigenvalue weighted by molar-refractivity contribution is 0.00522. The molecular weight excluding hydrogens is 318 g/mol. The molecule has 1 amide bonds. The summed E-state index contributed by atoms with van der Waals surface area (Å²) in [7, 11) is 0. The molecule has 0 saturated carbocycles. The fourth-order valence-corrected chi connectivity index (χ4v) is 3.39. The van der Waals surface area contributed by atoms with Crippen molar-refractivity contribution in [3.05, 3.63) is 71.8 Å². The number of epoxide rings is 1. The second-order valence-electron chi connectivity index (χ2n) is 6.19. The molecule has 5 nitrogen and oxygen atoms in total. The van der Waals surface area contributed by atoms with Gasteiger partial charge in [-0.2, -0.15) is 0 Å². The first-order valence-electron chi connectivity index (χ1n) is 8.61. The van der Waals surface area contributed by atoms with Crippen molar-refractivity contribution in [1.29, 1.82) is 0 Å². The number of hydrogen-bond donors (Lipinski definition) is 0. The Hall–Kier alpha value is -2.37. The van der Waals surface area contributed by atoms with E-state index >= 15 is 0 Å². The lowest BCUT2D eigenvalue weighted by Crippen LogP contribution is -2.41. The average Bonchev–Trinajstić information content (AvgIpc) is 3.33. The summed E-state index contributed by atoms with van der Waals surface area (Å²) < 4.78 is 17.1. The zero-order valence-corrected chi connectivity index (χ0v) is 14.1. The van der Waals surface area contributed by atoms with Crippen molar-refractivity contribution in [2.24, 2.45) is 0 Å². The first-order valence-corrected chi connectivity index (χ1v) is 8.61. The average molecular weight is 339 g/mol. The predicted octanol–water partition coefficient (Wildman–Crippen LogP) is 3.68. The van der Waals surface area contributed by atoms with E-state index in [0.717, 1.165) is 11.1 Å². The minimum Gasteiger partial charge on any atom is -0.450 e. The van der Waals surface area contributed by atoms with Gasteiger partial charge in [-0.25, -0.2) is 4.79 Å². The van der Waals surface area contributed by atoms with E-state index in [4.69, 9.17) is 14.2 Å². The molecule has 0 radical (unpaired) electrons. The Balaban J connectivity index is 1.56. The standard InChI is InChI=1S/C20H21NO4/c1-2-23-20(22)21-16(14-9-5-3-6-10-14)13-24-19(21)18-17(25-18)15-11-7-4-8-12-15/h3-12,16-19H,2,13H2,1H3/t16-,17+,18+,19?/m0/s1. The van der Waals surface area contributed by atoms with Gasteiger partial charge in [-0.15, -0.1) is 0 Å². The van der Waals surface area contributed by atoms with Crippen LogP contribution in [-0.2, 0) is 14.2 Å². The molecule has 0 bridgehead atoms. The molecule has 2 aliphatic rings. The van der Waals surface area contributed by atoms with Gasteiger partial charge in [-0.1, -0.05) is 60.7 Å². The highest BCUT2D eigenvalue weighted by Gasteiger charge is 2.54. The molecule has 1 unspecified atom stereocenters. The minimum absolute atomic E-state index is 0.0438. The number of nitrogens with zero attached hydrogens (tertiary/aromatic N) is 1. The van der Waals surface area contributed by atoms with Crippen molar-refractivity contribution in [2.75, 3.05) is 13.2 Å². The van der Waals surface area contributed by atoms with Crippen molar-refractivity contribution < 1.29 is 19.0 Å². The molecule has 25 heavy (non-hydrogen) atoms. The summed E-state index contributed by atoms with van der Waals surface area (Å²) in [6.07, 6.45) is -1.01. The van der Waals surface area contributed by atoms with Gasteiger partial charge in [-0.3, -0.25) is 4.90 Å². The highest BCUT2D eigenvalue weighted by Crippen LogP contribution is 2.46. The molecule has 0 spiro atoms. The van der Waals surface area contributed by atoms with E-state index in [-0.39, 0.29) is 24.3 Å². The minimum atomic E-state index is -0.436. The zero-order chi connectivity index (χ0) is 17.2. The molecule has 2 aromatic carbocycles. The molecule has 2 aliphatic heterocycles. The molecule has 2 aromatic rings. The molecule has 0 aromatic heterocycles. The van der Waals surface area contributed by atoms with Gasteiger partial charge >= 0.3 is 6.09 Å². The molecule has 2 heterocycles. The van der Waals surface area contributed by atoms with Crippen molar-refractivity contribution >= 4 is 6.09 Å². The number of amides is 1. The summed E-state index contributed by atoms with van der Waals surface area (Å²) in [6.45, 7) is 2.58. The third-order valence-corrected chi connectivity index (χ3v) is 4.63. The highest BCUT2D eigenvalue weighted by atomic mass is 16.6. The van der Waals surface area contributed by atoms with Crippen LogP contribution in [0.4, 0.5) is 4.79 Å². The first kappa shape index (κ1) is 16.1. The molecule has 2 saturated heterocycles. The number of benzene rings is 2. The highest BCUT2D eigenvalue weighted by molar-refractivity contribution is 5.69. The maximum absolute atomic E-state index is 12.6. The Bertz CT molecular complexity index is 721. The summed E-state index contributed by atoms with van der Waals surface area (Å²) >= 11 is 0. The van der Waals surface area contributed by atoms with E-state index < -0.39 is 6.23 Å². The second kappa shape index (κ2) is 6.86. The fourth-order valence-electron chi connectivity index (χ4n) is 3.39. The lowest BCUT2D eigenvalue weighted by Gasteiger charge is -2.26. The quantitative estimate of drug-likeness (QED) is 0.797. The van der Waals surface area contributed by atoms with Gasteiger partial charge in [0.25, 0.3) is 0 Å². The topological polar surface area (TPSA) is 51.3 Å².